The molecular formula is C9H10BrFN2O. The Morgan fingerprint density at radius 2 is 2.29 bits per heavy atom. The molecule has 0 aliphatic carbocycles. The van der Waals surface area contributed by atoms with Crippen LogP contribution in [-0.2, 0) is 4.79 Å². The summed E-state index contributed by atoms with van der Waals surface area (Å²) in [7, 11) is 0. The van der Waals surface area contributed by atoms with Gasteiger partial charge < -0.3 is 11.1 Å². The molecule has 0 saturated heterocycles. The van der Waals surface area contributed by atoms with Crippen LogP contribution in [0.3, 0.4) is 0 Å². The van der Waals surface area contributed by atoms with Crippen LogP contribution in [0.5, 0.6) is 0 Å². The molecule has 0 aliphatic rings. The van der Waals surface area contributed by atoms with Crippen molar-refractivity contribution >= 4 is 27.5 Å². The van der Waals surface area contributed by atoms with Gasteiger partial charge in [0.05, 0.1) is 0 Å². The van der Waals surface area contributed by atoms with Gasteiger partial charge in [-0.05, 0) is 41.1 Å². The quantitative estimate of drug-likeness (QED) is 0.872. The molecule has 1 aromatic rings. The summed E-state index contributed by atoms with van der Waals surface area (Å²) < 4.78 is 13.3. The first-order chi connectivity index (χ1) is 6.50. The van der Waals surface area contributed by atoms with Gasteiger partial charge in [-0.2, -0.15) is 0 Å². The van der Waals surface area contributed by atoms with Crippen molar-refractivity contribution in [3.05, 3.63) is 28.5 Å². The van der Waals surface area contributed by atoms with Crippen molar-refractivity contribution in [3.8, 4) is 0 Å². The molecule has 1 rings (SSSR count). The molecule has 76 valence electrons. The third kappa shape index (κ3) is 2.70. The molecule has 5 heteroatoms. The Morgan fingerprint density at radius 3 is 2.79 bits per heavy atom. The summed E-state index contributed by atoms with van der Waals surface area (Å²) in [5, 5.41) is 2.85. The fourth-order valence-corrected chi connectivity index (χ4v) is 1.38. The maximum absolute atomic E-state index is 12.7. The predicted octanol–water partition coefficient (Wildman–Crippen LogP) is 1.87. The summed E-state index contributed by atoms with van der Waals surface area (Å²) in [5.41, 5.74) is 5.71. The van der Waals surface area contributed by atoms with Crippen molar-refractivity contribution in [1.82, 2.24) is 0 Å². The van der Waals surface area contributed by atoms with E-state index in [1.54, 1.807) is 13.0 Å². The first-order valence-corrected chi connectivity index (χ1v) is 4.81. The Kier molecular flexibility index (Phi) is 3.46. The lowest BCUT2D eigenvalue weighted by molar-refractivity contribution is -0.118. The molecule has 0 bridgehead atoms. The average Bonchev–Trinajstić information content (AvgIpc) is 2.09. The SMILES string of the molecule is CC(Nc1ccc(F)cc1Br)C(N)=O. The van der Waals surface area contributed by atoms with Crippen LogP contribution in [0.2, 0.25) is 0 Å². The van der Waals surface area contributed by atoms with Crippen LogP contribution in [-0.4, -0.2) is 11.9 Å². The molecule has 3 N–H and O–H groups in total. The van der Waals surface area contributed by atoms with E-state index in [1.807, 2.05) is 0 Å². The van der Waals surface area contributed by atoms with E-state index < -0.39 is 11.9 Å². The first-order valence-electron chi connectivity index (χ1n) is 4.01. The van der Waals surface area contributed by atoms with Crippen LogP contribution in [0.1, 0.15) is 6.92 Å². The van der Waals surface area contributed by atoms with Crippen LogP contribution in [0, 0.1) is 5.82 Å². The van der Waals surface area contributed by atoms with E-state index >= 15 is 0 Å². The van der Waals surface area contributed by atoms with E-state index in [0.29, 0.717) is 10.2 Å². The molecule has 0 aliphatic heterocycles. The van der Waals surface area contributed by atoms with Crippen molar-refractivity contribution in [1.29, 1.82) is 0 Å². The maximum atomic E-state index is 12.7. The summed E-state index contributed by atoms with van der Waals surface area (Å²) in [4.78, 5) is 10.8. The van der Waals surface area contributed by atoms with Gasteiger partial charge in [0.25, 0.3) is 0 Å². The minimum atomic E-state index is -0.489. The molecule has 0 spiro atoms. The van der Waals surface area contributed by atoms with Gasteiger partial charge in [-0.1, -0.05) is 0 Å². The van der Waals surface area contributed by atoms with Crippen LogP contribution in [0.15, 0.2) is 22.7 Å². The predicted molar refractivity (Wildman–Crippen MR) is 56.4 cm³/mol. The van der Waals surface area contributed by atoms with Crippen molar-refractivity contribution in [2.75, 3.05) is 5.32 Å². The van der Waals surface area contributed by atoms with Crippen LogP contribution < -0.4 is 11.1 Å². The van der Waals surface area contributed by atoms with Gasteiger partial charge >= 0.3 is 0 Å². The summed E-state index contributed by atoms with van der Waals surface area (Å²) in [6, 6.07) is 3.67. The van der Waals surface area contributed by atoms with E-state index in [4.69, 9.17) is 5.73 Å². The summed E-state index contributed by atoms with van der Waals surface area (Å²) >= 11 is 3.17. The van der Waals surface area contributed by atoms with Gasteiger partial charge in [-0.25, -0.2) is 4.39 Å². The Hall–Kier alpha value is -1.10. The van der Waals surface area contributed by atoms with Gasteiger partial charge in [-0.3, -0.25) is 4.79 Å². The second kappa shape index (κ2) is 4.41. The van der Waals surface area contributed by atoms with E-state index in [2.05, 4.69) is 21.2 Å². The normalized spacial score (nSPS) is 12.2. The number of primary amides is 1. The van der Waals surface area contributed by atoms with Gasteiger partial charge in [-0.15, -0.1) is 0 Å². The van der Waals surface area contributed by atoms with E-state index in [0.717, 1.165) is 0 Å². The molecule has 14 heavy (non-hydrogen) atoms. The number of anilines is 1. The van der Waals surface area contributed by atoms with Crippen molar-refractivity contribution < 1.29 is 9.18 Å². The smallest absolute Gasteiger partial charge is 0.239 e. The van der Waals surface area contributed by atoms with Crippen LogP contribution >= 0.6 is 15.9 Å². The van der Waals surface area contributed by atoms with E-state index in [9.17, 15) is 9.18 Å². The number of nitrogens with two attached hydrogens (primary N) is 1. The topological polar surface area (TPSA) is 55.1 Å². The number of hydrogen-bond acceptors (Lipinski definition) is 2. The number of hydrogen-bond donors (Lipinski definition) is 2. The van der Waals surface area contributed by atoms with Crippen molar-refractivity contribution in [2.45, 2.75) is 13.0 Å². The molecule has 0 radical (unpaired) electrons. The monoisotopic (exact) mass is 260 g/mol. The van der Waals surface area contributed by atoms with Crippen molar-refractivity contribution in [2.24, 2.45) is 5.73 Å². The molecule has 0 fully saturated rings. The molecule has 0 aromatic heterocycles. The lowest BCUT2D eigenvalue weighted by Gasteiger charge is -2.12. The largest absolute Gasteiger partial charge is 0.373 e. The summed E-state index contributed by atoms with van der Waals surface area (Å²) in [6.45, 7) is 1.64. The maximum Gasteiger partial charge on any atom is 0.239 e. The Morgan fingerprint density at radius 1 is 1.64 bits per heavy atom. The second-order valence-electron chi connectivity index (χ2n) is 2.89. The molecule has 3 nitrogen and oxygen atoms in total. The van der Waals surface area contributed by atoms with E-state index in [-0.39, 0.29) is 5.82 Å². The fourth-order valence-electron chi connectivity index (χ4n) is 0.911. The molecule has 0 saturated carbocycles. The highest BCUT2D eigenvalue weighted by Crippen LogP contribution is 2.23. The summed E-state index contributed by atoms with van der Waals surface area (Å²) in [6.07, 6.45) is 0. The van der Waals surface area contributed by atoms with Gasteiger partial charge in [0.2, 0.25) is 5.91 Å². The Bertz CT molecular complexity index is 357. The van der Waals surface area contributed by atoms with Gasteiger partial charge in [0.1, 0.15) is 11.9 Å². The third-order valence-corrected chi connectivity index (χ3v) is 2.39. The molecular weight excluding hydrogens is 251 g/mol. The summed E-state index contributed by atoms with van der Waals surface area (Å²) in [5.74, 6) is -0.796. The Balaban J connectivity index is 2.82. The lowest BCUT2D eigenvalue weighted by atomic mass is 10.2. The molecule has 0 heterocycles. The highest BCUT2D eigenvalue weighted by Gasteiger charge is 2.09. The molecule has 1 atom stereocenters. The lowest BCUT2D eigenvalue weighted by Crippen LogP contribution is -2.32. The zero-order chi connectivity index (χ0) is 10.7. The number of carbonyl (C=O) groups excluding carboxylic acids is 1. The van der Waals surface area contributed by atoms with Crippen LogP contribution in [0.25, 0.3) is 0 Å². The fraction of sp³-hybridized carbons (Fsp3) is 0.222. The van der Waals surface area contributed by atoms with Gasteiger partial charge in [0, 0.05) is 10.2 Å². The number of halogens is 2. The number of rotatable bonds is 3. The number of benzene rings is 1. The second-order valence-corrected chi connectivity index (χ2v) is 3.75. The first kappa shape index (κ1) is 11.0. The molecule has 1 aromatic carbocycles. The number of nitrogens with one attached hydrogen (secondary N) is 1. The van der Waals surface area contributed by atoms with E-state index in [1.165, 1.54) is 12.1 Å². The minimum absolute atomic E-state index is 0.339. The van der Waals surface area contributed by atoms with Gasteiger partial charge in [0.15, 0.2) is 0 Å². The highest BCUT2D eigenvalue weighted by atomic mass is 79.9. The zero-order valence-electron chi connectivity index (χ0n) is 7.55. The molecule has 1 unspecified atom stereocenters. The number of amides is 1. The highest BCUT2D eigenvalue weighted by molar-refractivity contribution is 9.10. The number of carbonyl (C=O) groups is 1. The van der Waals surface area contributed by atoms with Crippen LogP contribution in [0.4, 0.5) is 10.1 Å². The third-order valence-electron chi connectivity index (χ3n) is 1.73. The average molecular weight is 261 g/mol. The Labute approximate surface area is 89.6 Å². The standard InChI is InChI=1S/C9H10BrFN2O/c1-5(9(12)14)13-8-3-2-6(11)4-7(8)10/h2-5,13H,1H3,(H2,12,14). The minimum Gasteiger partial charge on any atom is -0.373 e. The zero-order valence-corrected chi connectivity index (χ0v) is 9.14. The molecule has 1 amide bonds. The van der Waals surface area contributed by atoms with Crippen molar-refractivity contribution in [3.63, 3.8) is 0 Å².